The predicted octanol–water partition coefficient (Wildman–Crippen LogP) is 2.58. The first-order valence-corrected chi connectivity index (χ1v) is 11.2. The van der Waals surface area contributed by atoms with Crippen molar-refractivity contribution in [1.29, 1.82) is 0 Å². The molecule has 2 aliphatic heterocycles. The number of amides is 2. The van der Waals surface area contributed by atoms with Crippen molar-refractivity contribution in [3.8, 4) is 5.75 Å². The van der Waals surface area contributed by atoms with Gasteiger partial charge in [0.2, 0.25) is 5.91 Å². The Morgan fingerprint density at radius 3 is 2.62 bits per heavy atom. The number of fused-ring (bicyclic) bond motifs is 1. The molecule has 0 spiro atoms. The quantitative estimate of drug-likeness (QED) is 0.715. The normalized spacial score (nSPS) is 18.2. The van der Waals surface area contributed by atoms with Crippen LogP contribution in [-0.2, 0) is 22.6 Å². The molecular weight excluding hydrogens is 406 g/mol. The summed E-state index contributed by atoms with van der Waals surface area (Å²) in [4.78, 5) is 40.5. The molecule has 4 rings (SSSR count). The molecule has 0 saturated carbocycles. The number of carbonyl (C=O) groups excluding carboxylic acids is 2. The van der Waals surface area contributed by atoms with Crippen molar-refractivity contribution in [3.05, 3.63) is 47.4 Å². The highest BCUT2D eigenvalue weighted by molar-refractivity contribution is 5.78. The van der Waals surface area contributed by atoms with Crippen LogP contribution in [0.5, 0.6) is 5.75 Å². The summed E-state index contributed by atoms with van der Waals surface area (Å²) in [5, 5.41) is 0. The summed E-state index contributed by atoms with van der Waals surface area (Å²) in [5.41, 5.74) is 1.98. The number of anilines is 1. The van der Waals surface area contributed by atoms with E-state index in [-0.39, 0.29) is 24.5 Å². The third-order valence-electron chi connectivity index (χ3n) is 6.15. The second-order valence-electron chi connectivity index (χ2n) is 8.62. The van der Waals surface area contributed by atoms with E-state index in [2.05, 4.69) is 0 Å². The SMILES string of the molecule is CC(=O)N1CCc2nc([C@H]3CCCCN3C(=O)COc3ccccc3)nc(N(C)C)c2C1. The van der Waals surface area contributed by atoms with Crippen molar-refractivity contribution in [3.63, 3.8) is 0 Å². The van der Waals surface area contributed by atoms with E-state index in [0.717, 1.165) is 36.3 Å². The lowest BCUT2D eigenvalue weighted by Crippen LogP contribution is -2.42. The molecule has 1 fully saturated rings. The predicted molar refractivity (Wildman–Crippen MR) is 121 cm³/mol. The number of aromatic nitrogens is 2. The van der Waals surface area contributed by atoms with Crippen molar-refractivity contribution < 1.29 is 14.3 Å². The molecule has 170 valence electrons. The van der Waals surface area contributed by atoms with Crippen molar-refractivity contribution in [2.75, 3.05) is 38.7 Å². The molecule has 32 heavy (non-hydrogen) atoms. The Labute approximate surface area is 189 Å². The number of ether oxygens (including phenoxy) is 1. The van der Waals surface area contributed by atoms with Gasteiger partial charge < -0.3 is 19.4 Å². The van der Waals surface area contributed by atoms with Crippen molar-refractivity contribution in [2.45, 2.75) is 45.2 Å². The molecule has 1 aromatic carbocycles. The number of benzene rings is 1. The van der Waals surface area contributed by atoms with Crippen LogP contribution < -0.4 is 9.64 Å². The second-order valence-corrected chi connectivity index (χ2v) is 8.62. The van der Waals surface area contributed by atoms with Gasteiger partial charge in [-0.1, -0.05) is 18.2 Å². The molecule has 1 aromatic heterocycles. The zero-order valence-corrected chi connectivity index (χ0v) is 19.1. The molecule has 3 heterocycles. The smallest absolute Gasteiger partial charge is 0.261 e. The molecule has 2 amide bonds. The van der Waals surface area contributed by atoms with Crippen LogP contribution in [0.3, 0.4) is 0 Å². The zero-order valence-electron chi connectivity index (χ0n) is 19.1. The van der Waals surface area contributed by atoms with E-state index in [0.29, 0.717) is 37.6 Å². The maximum Gasteiger partial charge on any atom is 0.261 e. The monoisotopic (exact) mass is 437 g/mol. The van der Waals surface area contributed by atoms with E-state index in [1.54, 1.807) is 6.92 Å². The number of hydrogen-bond acceptors (Lipinski definition) is 6. The minimum atomic E-state index is -0.162. The zero-order chi connectivity index (χ0) is 22.7. The average molecular weight is 438 g/mol. The molecule has 1 atom stereocenters. The highest BCUT2D eigenvalue weighted by atomic mass is 16.5. The van der Waals surface area contributed by atoms with E-state index in [9.17, 15) is 9.59 Å². The lowest BCUT2D eigenvalue weighted by Gasteiger charge is -2.36. The van der Waals surface area contributed by atoms with E-state index in [1.165, 1.54) is 0 Å². The molecule has 2 aromatic rings. The summed E-state index contributed by atoms with van der Waals surface area (Å²) < 4.78 is 5.71. The molecule has 2 aliphatic rings. The molecule has 8 heteroatoms. The maximum absolute atomic E-state index is 13.1. The summed E-state index contributed by atoms with van der Waals surface area (Å²) in [7, 11) is 3.91. The van der Waals surface area contributed by atoms with Crippen molar-refractivity contribution >= 4 is 17.6 Å². The van der Waals surface area contributed by atoms with Gasteiger partial charge in [-0.05, 0) is 31.4 Å². The van der Waals surface area contributed by atoms with Crippen LogP contribution in [0.25, 0.3) is 0 Å². The van der Waals surface area contributed by atoms with Crippen LogP contribution in [-0.4, -0.2) is 65.4 Å². The summed E-state index contributed by atoms with van der Waals surface area (Å²) in [6, 6.07) is 9.23. The highest BCUT2D eigenvalue weighted by Crippen LogP contribution is 2.33. The molecular formula is C24H31N5O3. The summed E-state index contributed by atoms with van der Waals surface area (Å²) in [5.74, 6) is 2.22. The first kappa shape index (κ1) is 22.0. The van der Waals surface area contributed by atoms with Crippen LogP contribution >= 0.6 is 0 Å². The Balaban J connectivity index is 1.58. The fourth-order valence-electron chi connectivity index (χ4n) is 4.45. The van der Waals surface area contributed by atoms with Gasteiger partial charge in [0.15, 0.2) is 12.4 Å². The number of piperidine rings is 1. The first-order chi connectivity index (χ1) is 15.4. The van der Waals surface area contributed by atoms with Crippen molar-refractivity contribution in [1.82, 2.24) is 19.8 Å². The molecule has 0 bridgehead atoms. The average Bonchev–Trinajstić information content (AvgIpc) is 2.82. The lowest BCUT2D eigenvalue weighted by molar-refractivity contribution is -0.137. The van der Waals surface area contributed by atoms with Crippen LogP contribution in [0.1, 0.15) is 49.3 Å². The molecule has 0 N–H and O–H groups in total. The topological polar surface area (TPSA) is 78.9 Å². The third-order valence-corrected chi connectivity index (χ3v) is 6.15. The molecule has 0 unspecified atom stereocenters. The molecule has 0 aliphatic carbocycles. The Morgan fingerprint density at radius 1 is 1.12 bits per heavy atom. The van der Waals surface area contributed by atoms with Crippen molar-refractivity contribution in [2.24, 2.45) is 0 Å². The summed E-state index contributed by atoms with van der Waals surface area (Å²) >= 11 is 0. The third kappa shape index (κ3) is 4.69. The number of para-hydroxylation sites is 1. The van der Waals surface area contributed by atoms with Gasteiger partial charge in [-0.2, -0.15) is 0 Å². The number of carbonyl (C=O) groups is 2. The lowest BCUT2D eigenvalue weighted by atomic mass is 9.99. The van der Waals surface area contributed by atoms with Crippen LogP contribution in [0.4, 0.5) is 5.82 Å². The van der Waals surface area contributed by atoms with Crippen LogP contribution in [0.2, 0.25) is 0 Å². The molecule has 1 saturated heterocycles. The van der Waals surface area contributed by atoms with Crippen LogP contribution in [0, 0.1) is 0 Å². The van der Waals surface area contributed by atoms with Gasteiger partial charge in [0, 0.05) is 46.1 Å². The van der Waals surface area contributed by atoms with E-state index < -0.39 is 0 Å². The van der Waals surface area contributed by atoms with Gasteiger partial charge in [-0.25, -0.2) is 9.97 Å². The number of likely N-dealkylation sites (tertiary alicyclic amines) is 1. The first-order valence-electron chi connectivity index (χ1n) is 11.2. The Kier molecular flexibility index (Phi) is 6.58. The van der Waals surface area contributed by atoms with Crippen LogP contribution in [0.15, 0.2) is 30.3 Å². The van der Waals surface area contributed by atoms with Gasteiger partial charge in [-0.15, -0.1) is 0 Å². The maximum atomic E-state index is 13.1. The highest BCUT2D eigenvalue weighted by Gasteiger charge is 2.33. The van der Waals surface area contributed by atoms with E-state index in [4.69, 9.17) is 14.7 Å². The van der Waals surface area contributed by atoms with Gasteiger partial charge in [-0.3, -0.25) is 9.59 Å². The van der Waals surface area contributed by atoms with E-state index >= 15 is 0 Å². The van der Waals surface area contributed by atoms with Gasteiger partial charge in [0.05, 0.1) is 18.3 Å². The van der Waals surface area contributed by atoms with E-state index in [1.807, 2.05) is 59.1 Å². The number of hydrogen-bond donors (Lipinski definition) is 0. The Morgan fingerprint density at radius 2 is 1.91 bits per heavy atom. The summed E-state index contributed by atoms with van der Waals surface area (Å²) in [6.45, 7) is 3.45. The van der Waals surface area contributed by atoms with Gasteiger partial charge in [0.25, 0.3) is 5.91 Å². The molecule has 0 radical (unpaired) electrons. The fraction of sp³-hybridized carbons (Fsp3) is 0.500. The second kappa shape index (κ2) is 9.54. The Bertz CT molecular complexity index is 979. The minimum absolute atomic E-state index is 0.000433. The standard InChI is InChI=1S/C24H31N5O3/c1-17(30)28-14-12-20-19(15-28)24(27(2)3)26-23(25-20)21-11-7-8-13-29(21)22(31)16-32-18-9-5-4-6-10-18/h4-6,9-10,21H,7-8,11-16H2,1-3H3/t21-/m1/s1. The number of rotatable bonds is 5. The van der Waals surface area contributed by atoms with Gasteiger partial charge >= 0.3 is 0 Å². The fourth-order valence-corrected chi connectivity index (χ4v) is 4.45. The summed E-state index contributed by atoms with van der Waals surface area (Å²) in [6.07, 6.45) is 3.53. The Hall–Kier alpha value is -3.16. The molecule has 8 nitrogen and oxygen atoms in total. The minimum Gasteiger partial charge on any atom is -0.484 e. The largest absolute Gasteiger partial charge is 0.484 e. The van der Waals surface area contributed by atoms with Gasteiger partial charge in [0.1, 0.15) is 11.6 Å². The number of nitrogens with zero attached hydrogens (tertiary/aromatic N) is 5.